The molecule has 2 aliphatic rings. The maximum Gasteiger partial charge on any atom is 0.417 e. The highest BCUT2D eigenvalue weighted by Gasteiger charge is 2.40. The van der Waals surface area contributed by atoms with Crippen molar-refractivity contribution in [2.75, 3.05) is 46.3 Å². The Balaban J connectivity index is 1.43. The summed E-state index contributed by atoms with van der Waals surface area (Å²) in [5, 5.41) is 3.37. The lowest BCUT2D eigenvalue weighted by atomic mass is 9.79. The van der Waals surface area contributed by atoms with Crippen molar-refractivity contribution in [2.24, 2.45) is 0 Å². The average molecular weight is 631 g/mol. The lowest BCUT2D eigenvalue weighted by Gasteiger charge is -2.30. The van der Waals surface area contributed by atoms with Crippen LogP contribution in [0.25, 0.3) is 16.9 Å². The van der Waals surface area contributed by atoms with Gasteiger partial charge in [0, 0.05) is 43.5 Å². The molecule has 1 aromatic carbocycles. The van der Waals surface area contributed by atoms with Gasteiger partial charge >= 0.3 is 6.09 Å². The van der Waals surface area contributed by atoms with Gasteiger partial charge in [-0.1, -0.05) is 12.1 Å². The number of methoxy groups -OCH3 is 1. The van der Waals surface area contributed by atoms with Gasteiger partial charge in [0.25, 0.3) is 5.91 Å². The summed E-state index contributed by atoms with van der Waals surface area (Å²) in [7, 11) is 5.68. The Morgan fingerprint density at radius 2 is 2.00 bits per heavy atom. The van der Waals surface area contributed by atoms with E-state index in [0.29, 0.717) is 65.9 Å². The zero-order chi connectivity index (χ0) is 32.8. The van der Waals surface area contributed by atoms with Crippen LogP contribution in [0.2, 0.25) is 0 Å². The Morgan fingerprint density at radius 1 is 1.20 bits per heavy atom. The summed E-state index contributed by atoms with van der Waals surface area (Å²) in [5.74, 6) is -0.335. The molecular formula is C34H39FN6O5. The molecule has 0 spiro atoms. The van der Waals surface area contributed by atoms with Crippen molar-refractivity contribution in [1.29, 1.82) is 0 Å². The third-order valence-electron chi connectivity index (χ3n) is 8.25. The molecule has 6 rings (SSSR count). The summed E-state index contributed by atoms with van der Waals surface area (Å²) in [6.45, 7) is 7.57. The lowest BCUT2D eigenvalue weighted by Crippen LogP contribution is -2.37. The summed E-state index contributed by atoms with van der Waals surface area (Å²) < 4.78 is 32.7. The van der Waals surface area contributed by atoms with E-state index in [-0.39, 0.29) is 12.0 Å². The van der Waals surface area contributed by atoms with Gasteiger partial charge in [-0.25, -0.2) is 24.1 Å². The Labute approximate surface area is 267 Å². The van der Waals surface area contributed by atoms with Crippen molar-refractivity contribution in [2.45, 2.75) is 51.3 Å². The predicted octanol–water partition coefficient (Wildman–Crippen LogP) is 5.54. The fraction of sp³-hybridized carbons (Fsp3) is 0.412. The number of amides is 2. The second kappa shape index (κ2) is 12.1. The minimum absolute atomic E-state index is 0.000144. The van der Waals surface area contributed by atoms with Gasteiger partial charge in [0.05, 0.1) is 48.6 Å². The van der Waals surface area contributed by atoms with Crippen LogP contribution in [0.15, 0.2) is 48.8 Å². The smallest absolute Gasteiger partial charge is 0.417 e. The highest BCUT2D eigenvalue weighted by molar-refractivity contribution is 6.11. The third-order valence-corrected chi connectivity index (χ3v) is 8.25. The molecule has 2 amide bonds. The molecule has 2 aliphatic heterocycles. The fourth-order valence-electron chi connectivity index (χ4n) is 6.28. The van der Waals surface area contributed by atoms with E-state index < -0.39 is 23.4 Å². The summed E-state index contributed by atoms with van der Waals surface area (Å²) in [4.78, 5) is 39.8. The molecule has 1 N–H and O–H groups in total. The largest absolute Gasteiger partial charge is 0.443 e. The van der Waals surface area contributed by atoms with Gasteiger partial charge in [0.15, 0.2) is 0 Å². The van der Waals surface area contributed by atoms with Crippen molar-refractivity contribution < 1.29 is 28.2 Å². The van der Waals surface area contributed by atoms with Gasteiger partial charge < -0.3 is 24.4 Å². The molecule has 46 heavy (non-hydrogen) atoms. The molecule has 12 heteroatoms. The first-order valence-electron chi connectivity index (χ1n) is 15.2. The van der Waals surface area contributed by atoms with E-state index >= 15 is 0 Å². The number of anilines is 2. The highest BCUT2D eigenvalue weighted by Crippen LogP contribution is 2.40. The van der Waals surface area contributed by atoms with Crippen molar-refractivity contribution in [1.82, 2.24) is 24.2 Å². The van der Waals surface area contributed by atoms with Crippen LogP contribution in [0.1, 0.15) is 54.4 Å². The van der Waals surface area contributed by atoms with E-state index in [9.17, 15) is 14.0 Å². The van der Waals surface area contributed by atoms with Gasteiger partial charge in [-0.05, 0) is 70.6 Å². The number of ether oxygens (including phenoxy) is 3. The Kier molecular flexibility index (Phi) is 8.30. The maximum atomic E-state index is 14.0. The van der Waals surface area contributed by atoms with E-state index in [4.69, 9.17) is 19.2 Å². The fourth-order valence-corrected chi connectivity index (χ4v) is 6.28. The summed E-state index contributed by atoms with van der Waals surface area (Å²) in [6.07, 6.45) is 3.32. The SMILES string of the molecule is COCC1(c2ccc(Nc3ccc(-c4cnc5cc(F)ccn45)c4c3C(=O)N(C(=O)OC(C)(C)C)C4)nc2CN(C)C)CCOC1. The molecule has 4 aromatic rings. The van der Waals surface area contributed by atoms with E-state index in [2.05, 4.69) is 21.3 Å². The standard InChI is InChI=1S/C34H39FN6O5/c1-33(2,3)46-32(43)41-17-23-22(27-16-36-29-15-21(35)11-13-40(27)29)7-9-25(30(23)31(41)42)37-28-10-8-24(26(38-28)18-39(4)5)34(19-44-6)12-14-45-20-34/h7-11,13,15-16H,12,14,17-20H2,1-6H3,(H,37,38). The first kappa shape index (κ1) is 31.6. The first-order chi connectivity index (χ1) is 21.9. The number of hydrogen-bond acceptors (Lipinski definition) is 9. The first-order valence-corrected chi connectivity index (χ1v) is 15.2. The summed E-state index contributed by atoms with van der Waals surface area (Å²) in [6, 6.07) is 10.3. The summed E-state index contributed by atoms with van der Waals surface area (Å²) in [5.41, 5.74) is 4.11. The number of pyridine rings is 2. The van der Waals surface area contributed by atoms with Gasteiger partial charge in [-0.3, -0.25) is 9.20 Å². The van der Waals surface area contributed by atoms with Crippen LogP contribution in [0.4, 0.5) is 20.7 Å². The van der Waals surface area contributed by atoms with E-state index in [1.165, 1.54) is 12.1 Å². The van der Waals surface area contributed by atoms with Crippen LogP contribution >= 0.6 is 0 Å². The number of aromatic nitrogens is 3. The molecule has 1 fully saturated rings. The predicted molar refractivity (Wildman–Crippen MR) is 171 cm³/mol. The summed E-state index contributed by atoms with van der Waals surface area (Å²) >= 11 is 0. The molecular weight excluding hydrogens is 591 g/mol. The van der Waals surface area contributed by atoms with Gasteiger partial charge in [0.1, 0.15) is 22.9 Å². The minimum Gasteiger partial charge on any atom is -0.443 e. The Morgan fingerprint density at radius 3 is 2.70 bits per heavy atom. The Hall–Kier alpha value is -4.39. The average Bonchev–Trinajstić information content (AvgIpc) is 3.70. The van der Waals surface area contributed by atoms with Crippen molar-refractivity contribution in [3.05, 3.63) is 77.0 Å². The zero-order valence-corrected chi connectivity index (χ0v) is 27.0. The van der Waals surface area contributed by atoms with E-state index in [1.807, 2.05) is 26.2 Å². The molecule has 0 bridgehead atoms. The molecule has 0 radical (unpaired) electrons. The number of carbonyl (C=O) groups excluding carboxylic acids is 2. The van der Waals surface area contributed by atoms with Crippen LogP contribution < -0.4 is 5.32 Å². The lowest BCUT2D eigenvalue weighted by molar-refractivity contribution is 0.0248. The number of nitrogens with one attached hydrogen (secondary N) is 1. The topological polar surface area (TPSA) is 111 Å². The van der Waals surface area contributed by atoms with Crippen LogP contribution in [0.3, 0.4) is 0 Å². The van der Waals surface area contributed by atoms with Gasteiger partial charge in [-0.2, -0.15) is 0 Å². The normalized spacial score (nSPS) is 18.1. The van der Waals surface area contributed by atoms with Crippen LogP contribution in [-0.2, 0) is 32.7 Å². The number of fused-ring (bicyclic) bond motifs is 2. The number of carbonyl (C=O) groups is 2. The molecule has 1 saturated heterocycles. The Bertz CT molecular complexity index is 1810. The van der Waals surface area contributed by atoms with Crippen LogP contribution in [-0.4, -0.2) is 82.8 Å². The molecule has 242 valence electrons. The minimum atomic E-state index is -0.791. The van der Waals surface area contributed by atoms with Crippen molar-refractivity contribution in [3.8, 4) is 11.3 Å². The highest BCUT2D eigenvalue weighted by atomic mass is 19.1. The van der Waals surface area contributed by atoms with Gasteiger partial charge in [-0.15, -0.1) is 0 Å². The molecule has 0 saturated carbocycles. The van der Waals surface area contributed by atoms with E-state index in [0.717, 1.165) is 22.6 Å². The number of benzene rings is 1. The van der Waals surface area contributed by atoms with Gasteiger partial charge in [0.2, 0.25) is 0 Å². The second-order valence-corrected chi connectivity index (χ2v) is 13.2. The molecule has 1 atom stereocenters. The second-order valence-electron chi connectivity index (χ2n) is 13.2. The molecule has 1 unspecified atom stereocenters. The third kappa shape index (κ3) is 5.95. The number of hydrogen-bond donors (Lipinski definition) is 1. The van der Waals surface area contributed by atoms with Crippen LogP contribution in [0, 0.1) is 5.82 Å². The monoisotopic (exact) mass is 630 g/mol. The molecule has 0 aliphatic carbocycles. The number of nitrogens with zero attached hydrogens (tertiary/aromatic N) is 5. The van der Waals surface area contributed by atoms with Crippen LogP contribution in [0.5, 0.6) is 0 Å². The number of imide groups is 1. The number of halogens is 1. The zero-order valence-electron chi connectivity index (χ0n) is 27.0. The molecule has 3 aromatic heterocycles. The van der Waals surface area contributed by atoms with Crippen molar-refractivity contribution in [3.63, 3.8) is 0 Å². The molecule has 5 heterocycles. The van der Waals surface area contributed by atoms with E-state index in [1.54, 1.807) is 50.7 Å². The maximum absolute atomic E-state index is 14.0. The van der Waals surface area contributed by atoms with Crippen molar-refractivity contribution >= 4 is 29.2 Å². The molecule has 11 nitrogen and oxygen atoms in total. The number of rotatable bonds is 8. The number of imidazole rings is 1. The quantitative estimate of drug-likeness (QED) is 0.269.